The van der Waals surface area contributed by atoms with Crippen LogP contribution in [0.4, 0.5) is 5.69 Å². The van der Waals surface area contributed by atoms with Gasteiger partial charge in [0.2, 0.25) is 11.8 Å². The average Bonchev–Trinajstić information content (AvgIpc) is 2.98. The molecule has 2 amide bonds. The lowest BCUT2D eigenvalue weighted by molar-refractivity contribution is -0.128. The molecule has 0 radical (unpaired) electrons. The topological polar surface area (TPSA) is 62.3 Å². The smallest absolute Gasteiger partial charge is 0.236 e. The van der Waals surface area contributed by atoms with Gasteiger partial charge in [-0.2, -0.15) is 0 Å². The summed E-state index contributed by atoms with van der Waals surface area (Å²) in [6.07, 6.45) is 4.09. The van der Waals surface area contributed by atoms with E-state index in [1.165, 1.54) is 0 Å². The van der Waals surface area contributed by atoms with Crippen molar-refractivity contribution < 1.29 is 9.59 Å². The predicted octanol–water partition coefficient (Wildman–Crippen LogP) is 1.68. The fraction of sp³-hybridized carbons (Fsp3) is 0.235. The number of benzene rings is 1. The number of pyridine rings is 1. The van der Waals surface area contributed by atoms with Crippen molar-refractivity contribution in [2.45, 2.75) is 19.4 Å². The zero-order valence-corrected chi connectivity index (χ0v) is 12.2. The van der Waals surface area contributed by atoms with Gasteiger partial charge in [0.15, 0.2) is 0 Å². The number of nitrogens with zero attached hydrogens (tertiary/aromatic N) is 2. The molecule has 0 spiro atoms. The second-order valence-electron chi connectivity index (χ2n) is 5.24. The van der Waals surface area contributed by atoms with Crippen LogP contribution in [-0.4, -0.2) is 23.3 Å². The van der Waals surface area contributed by atoms with Gasteiger partial charge in [0, 0.05) is 31.2 Å². The molecule has 5 nitrogen and oxygen atoms in total. The highest BCUT2D eigenvalue weighted by atomic mass is 16.2. The number of aromatic nitrogens is 1. The Morgan fingerprint density at radius 3 is 2.86 bits per heavy atom. The van der Waals surface area contributed by atoms with Gasteiger partial charge in [-0.1, -0.05) is 24.3 Å². The number of amides is 2. The molecule has 0 saturated heterocycles. The molecule has 1 aliphatic heterocycles. The van der Waals surface area contributed by atoms with Crippen LogP contribution in [-0.2, 0) is 22.6 Å². The third-order valence-electron chi connectivity index (χ3n) is 3.71. The lowest BCUT2D eigenvalue weighted by Crippen LogP contribution is -2.34. The number of carbonyl (C=O) groups excluding carboxylic acids is 2. The average molecular weight is 295 g/mol. The van der Waals surface area contributed by atoms with Crippen LogP contribution in [0, 0.1) is 0 Å². The molecule has 1 aliphatic rings. The third kappa shape index (κ3) is 3.14. The summed E-state index contributed by atoms with van der Waals surface area (Å²) in [6.45, 7) is 1.03. The number of carbonyl (C=O) groups is 2. The van der Waals surface area contributed by atoms with Crippen LogP contribution in [0.15, 0.2) is 48.8 Å². The molecule has 0 saturated carbocycles. The van der Waals surface area contributed by atoms with Crippen LogP contribution in [0.2, 0.25) is 0 Å². The summed E-state index contributed by atoms with van der Waals surface area (Å²) < 4.78 is 0. The fourth-order valence-electron chi connectivity index (χ4n) is 2.60. The highest BCUT2D eigenvalue weighted by Gasteiger charge is 2.25. The van der Waals surface area contributed by atoms with E-state index < -0.39 is 0 Å². The molecule has 5 heteroatoms. The Labute approximate surface area is 129 Å². The third-order valence-corrected chi connectivity index (χ3v) is 3.71. The van der Waals surface area contributed by atoms with Crippen molar-refractivity contribution in [1.82, 2.24) is 10.3 Å². The second-order valence-corrected chi connectivity index (χ2v) is 5.24. The second kappa shape index (κ2) is 6.39. The Kier molecular flexibility index (Phi) is 4.14. The Morgan fingerprint density at radius 2 is 2.05 bits per heavy atom. The van der Waals surface area contributed by atoms with Crippen molar-refractivity contribution in [3.05, 3.63) is 59.9 Å². The summed E-state index contributed by atoms with van der Waals surface area (Å²) in [4.78, 5) is 29.9. The van der Waals surface area contributed by atoms with E-state index in [-0.39, 0.29) is 18.2 Å². The normalized spacial score (nSPS) is 12.8. The van der Waals surface area contributed by atoms with Crippen molar-refractivity contribution >= 4 is 17.5 Å². The SMILES string of the molecule is O=C(CC(=O)N1CCc2ccccc21)NCc1cccnc1. The number of fused-ring (bicyclic) bond motifs is 1. The molecule has 2 heterocycles. The minimum absolute atomic E-state index is 0.130. The molecular weight excluding hydrogens is 278 g/mol. The molecule has 1 N–H and O–H groups in total. The molecule has 0 atom stereocenters. The first-order chi connectivity index (χ1) is 10.7. The number of nitrogens with one attached hydrogen (secondary N) is 1. The molecular formula is C17H17N3O2. The lowest BCUT2D eigenvalue weighted by atomic mass is 10.2. The van der Waals surface area contributed by atoms with Crippen LogP contribution in [0.5, 0.6) is 0 Å². The van der Waals surface area contributed by atoms with E-state index >= 15 is 0 Å². The standard InChI is InChI=1S/C17H17N3O2/c21-16(19-12-13-4-3-8-18-11-13)10-17(22)20-9-7-14-5-1-2-6-15(14)20/h1-6,8,11H,7,9-10,12H2,(H,19,21). The maximum atomic E-state index is 12.3. The molecule has 0 aliphatic carbocycles. The van der Waals surface area contributed by atoms with E-state index in [4.69, 9.17) is 0 Å². The number of hydrogen-bond donors (Lipinski definition) is 1. The highest BCUT2D eigenvalue weighted by molar-refractivity contribution is 6.05. The quantitative estimate of drug-likeness (QED) is 0.873. The van der Waals surface area contributed by atoms with E-state index in [1.54, 1.807) is 17.3 Å². The Balaban J connectivity index is 1.55. The summed E-state index contributed by atoms with van der Waals surface area (Å²) in [7, 11) is 0. The monoisotopic (exact) mass is 295 g/mol. The van der Waals surface area contributed by atoms with E-state index in [0.29, 0.717) is 13.1 Å². The van der Waals surface area contributed by atoms with Gasteiger partial charge < -0.3 is 10.2 Å². The zero-order chi connectivity index (χ0) is 15.4. The van der Waals surface area contributed by atoms with Gasteiger partial charge in [-0.3, -0.25) is 14.6 Å². The van der Waals surface area contributed by atoms with E-state index in [2.05, 4.69) is 10.3 Å². The molecule has 0 unspecified atom stereocenters. The van der Waals surface area contributed by atoms with Gasteiger partial charge in [0.1, 0.15) is 6.42 Å². The van der Waals surface area contributed by atoms with Gasteiger partial charge in [0.25, 0.3) is 0 Å². The Hall–Kier alpha value is -2.69. The molecule has 2 aromatic rings. The molecule has 0 fully saturated rings. The lowest BCUT2D eigenvalue weighted by Gasteiger charge is -2.17. The van der Waals surface area contributed by atoms with E-state index in [1.807, 2.05) is 36.4 Å². The molecule has 1 aromatic heterocycles. The maximum Gasteiger partial charge on any atom is 0.236 e. The Bertz CT molecular complexity index is 685. The van der Waals surface area contributed by atoms with Crippen LogP contribution < -0.4 is 10.2 Å². The summed E-state index contributed by atoms with van der Waals surface area (Å²) in [6, 6.07) is 11.5. The summed E-state index contributed by atoms with van der Waals surface area (Å²) in [5.41, 5.74) is 2.99. The van der Waals surface area contributed by atoms with Gasteiger partial charge >= 0.3 is 0 Å². The van der Waals surface area contributed by atoms with Crippen LogP contribution in [0.3, 0.4) is 0 Å². The summed E-state index contributed by atoms with van der Waals surface area (Å²) >= 11 is 0. The number of anilines is 1. The first kappa shape index (κ1) is 14.3. The summed E-state index contributed by atoms with van der Waals surface area (Å²) in [5.74, 6) is -0.424. The minimum atomic E-state index is -0.266. The largest absolute Gasteiger partial charge is 0.352 e. The van der Waals surface area contributed by atoms with Crippen molar-refractivity contribution in [3.63, 3.8) is 0 Å². The minimum Gasteiger partial charge on any atom is -0.352 e. The van der Waals surface area contributed by atoms with Gasteiger partial charge in [-0.05, 0) is 29.7 Å². The first-order valence-electron chi connectivity index (χ1n) is 7.28. The molecule has 112 valence electrons. The molecule has 3 rings (SSSR count). The molecule has 1 aromatic carbocycles. The van der Waals surface area contributed by atoms with Crippen molar-refractivity contribution in [2.24, 2.45) is 0 Å². The van der Waals surface area contributed by atoms with E-state index in [9.17, 15) is 9.59 Å². The van der Waals surface area contributed by atoms with E-state index in [0.717, 1.165) is 23.2 Å². The van der Waals surface area contributed by atoms with Gasteiger partial charge in [-0.15, -0.1) is 0 Å². The fourth-order valence-corrected chi connectivity index (χ4v) is 2.60. The first-order valence-corrected chi connectivity index (χ1v) is 7.28. The van der Waals surface area contributed by atoms with Crippen molar-refractivity contribution in [3.8, 4) is 0 Å². The zero-order valence-electron chi connectivity index (χ0n) is 12.2. The predicted molar refractivity (Wildman–Crippen MR) is 83.2 cm³/mol. The van der Waals surface area contributed by atoms with Crippen molar-refractivity contribution in [2.75, 3.05) is 11.4 Å². The van der Waals surface area contributed by atoms with Crippen LogP contribution in [0.25, 0.3) is 0 Å². The van der Waals surface area contributed by atoms with Gasteiger partial charge in [-0.25, -0.2) is 0 Å². The Morgan fingerprint density at radius 1 is 1.18 bits per heavy atom. The maximum absolute atomic E-state index is 12.3. The summed E-state index contributed by atoms with van der Waals surface area (Å²) in [5, 5.41) is 2.75. The van der Waals surface area contributed by atoms with Crippen LogP contribution in [0.1, 0.15) is 17.5 Å². The number of para-hydroxylation sites is 1. The molecule has 0 bridgehead atoms. The number of hydrogen-bond acceptors (Lipinski definition) is 3. The van der Waals surface area contributed by atoms with Crippen LogP contribution >= 0.6 is 0 Å². The van der Waals surface area contributed by atoms with Crippen molar-refractivity contribution in [1.29, 1.82) is 0 Å². The molecule has 22 heavy (non-hydrogen) atoms. The number of rotatable bonds is 4. The highest BCUT2D eigenvalue weighted by Crippen LogP contribution is 2.27. The van der Waals surface area contributed by atoms with Gasteiger partial charge in [0.05, 0.1) is 0 Å².